The summed E-state index contributed by atoms with van der Waals surface area (Å²) in [6.45, 7) is 1.76. The van der Waals surface area contributed by atoms with Crippen molar-refractivity contribution in [2.75, 3.05) is 0 Å². The molecule has 0 fully saturated rings. The quantitative estimate of drug-likeness (QED) is 0.849. The highest BCUT2D eigenvalue weighted by Crippen LogP contribution is 2.18. The van der Waals surface area contributed by atoms with Gasteiger partial charge in [0.2, 0.25) is 0 Å². The molecule has 0 radical (unpaired) electrons. The van der Waals surface area contributed by atoms with Gasteiger partial charge in [0, 0.05) is 0 Å². The lowest BCUT2D eigenvalue weighted by Gasteiger charge is -2.08. The van der Waals surface area contributed by atoms with Crippen LogP contribution in [0.4, 0.5) is 4.39 Å². The van der Waals surface area contributed by atoms with Crippen LogP contribution in [0, 0.1) is 5.82 Å². The first-order chi connectivity index (χ1) is 8.95. The summed E-state index contributed by atoms with van der Waals surface area (Å²) >= 11 is 8.83. The van der Waals surface area contributed by atoms with Gasteiger partial charge in [-0.05, 0) is 40.5 Å². The fraction of sp³-hybridized carbons (Fsp3) is 0.167. The van der Waals surface area contributed by atoms with Crippen LogP contribution in [-0.2, 0) is 6.42 Å². The number of rotatable bonds is 2. The van der Waals surface area contributed by atoms with E-state index in [9.17, 15) is 14.0 Å². The Bertz CT molecular complexity index is 754. The fourth-order valence-corrected chi connectivity index (χ4v) is 2.37. The molecule has 100 valence electrons. The van der Waals surface area contributed by atoms with Gasteiger partial charge in [-0.25, -0.2) is 13.8 Å². The maximum Gasteiger partial charge on any atom is 0.334 e. The summed E-state index contributed by atoms with van der Waals surface area (Å²) in [7, 11) is 0. The molecular formula is C12H9BrClFN2O2. The number of H-pyrrole nitrogens is 1. The maximum absolute atomic E-state index is 13.2. The summed E-state index contributed by atoms with van der Waals surface area (Å²) in [6, 6.07) is 3.88. The number of hydrogen-bond acceptors (Lipinski definition) is 2. The van der Waals surface area contributed by atoms with Gasteiger partial charge in [0.1, 0.15) is 11.0 Å². The first kappa shape index (κ1) is 14.0. The van der Waals surface area contributed by atoms with Crippen LogP contribution in [0.2, 0.25) is 5.15 Å². The topological polar surface area (TPSA) is 54.9 Å². The molecular weight excluding hydrogens is 338 g/mol. The molecule has 0 saturated heterocycles. The van der Waals surface area contributed by atoms with E-state index in [1.165, 1.54) is 18.2 Å². The normalized spacial score (nSPS) is 10.7. The van der Waals surface area contributed by atoms with Crippen LogP contribution in [-0.4, -0.2) is 9.55 Å². The number of hydrogen-bond donors (Lipinski definition) is 1. The highest BCUT2D eigenvalue weighted by Gasteiger charge is 2.13. The van der Waals surface area contributed by atoms with Crippen LogP contribution in [0.25, 0.3) is 5.69 Å². The Morgan fingerprint density at radius 1 is 1.42 bits per heavy atom. The molecule has 4 nitrogen and oxygen atoms in total. The van der Waals surface area contributed by atoms with Crippen LogP contribution >= 0.6 is 27.5 Å². The number of nitrogens with one attached hydrogen (secondary N) is 1. The lowest BCUT2D eigenvalue weighted by Crippen LogP contribution is -2.36. The Balaban J connectivity index is 2.79. The zero-order chi connectivity index (χ0) is 14.2. The summed E-state index contributed by atoms with van der Waals surface area (Å²) in [5.41, 5.74) is -0.590. The van der Waals surface area contributed by atoms with Crippen LogP contribution in [0.5, 0.6) is 0 Å². The molecule has 0 spiro atoms. The van der Waals surface area contributed by atoms with Gasteiger partial charge >= 0.3 is 5.69 Å². The molecule has 0 saturated carbocycles. The molecule has 1 N–H and O–H groups in total. The molecule has 19 heavy (non-hydrogen) atoms. The van der Waals surface area contributed by atoms with Crippen LogP contribution < -0.4 is 11.2 Å². The second-order valence-corrected chi connectivity index (χ2v) is 5.05. The van der Waals surface area contributed by atoms with Crippen molar-refractivity contribution in [3.63, 3.8) is 0 Å². The Labute approximate surface area is 121 Å². The van der Waals surface area contributed by atoms with E-state index in [2.05, 4.69) is 20.9 Å². The van der Waals surface area contributed by atoms with Gasteiger partial charge in [-0.2, -0.15) is 0 Å². The van der Waals surface area contributed by atoms with Crippen molar-refractivity contribution in [1.82, 2.24) is 9.55 Å². The Morgan fingerprint density at radius 3 is 2.68 bits per heavy atom. The van der Waals surface area contributed by atoms with Crippen molar-refractivity contribution in [3.8, 4) is 5.69 Å². The van der Waals surface area contributed by atoms with Gasteiger partial charge in [-0.3, -0.25) is 9.78 Å². The third-order valence-corrected chi connectivity index (χ3v) is 3.59. The lowest BCUT2D eigenvalue weighted by atomic mass is 10.2. The zero-order valence-electron chi connectivity index (χ0n) is 9.84. The number of aromatic nitrogens is 2. The smallest absolute Gasteiger partial charge is 0.297 e. The monoisotopic (exact) mass is 346 g/mol. The molecule has 0 unspecified atom stereocenters. The van der Waals surface area contributed by atoms with E-state index in [4.69, 9.17) is 11.6 Å². The molecule has 7 heteroatoms. The SMILES string of the molecule is CCc1c(Cl)[nH]c(=O)n(-c2ccc(F)c(Br)c2)c1=O. The van der Waals surface area contributed by atoms with Crippen molar-refractivity contribution >= 4 is 27.5 Å². The van der Waals surface area contributed by atoms with Crippen LogP contribution in [0.3, 0.4) is 0 Å². The van der Waals surface area contributed by atoms with Gasteiger partial charge < -0.3 is 0 Å². The minimum absolute atomic E-state index is 0.0370. The standard InChI is InChI=1S/C12H9BrClFN2O2/c1-2-7-10(14)16-12(19)17(11(7)18)6-3-4-9(15)8(13)5-6/h3-5H,2H2,1H3,(H,16,19). The summed E-state index contributed by atoms with van der Waals surface area (Å²) < 4.78 is 14.3. The van der Waals surface area contributed by atoms with Crippen molar-refractivity contribution in [2.24, 2.45) is 0 Å². The molecule has 1 heterocycles. The number of halogens is 3. The summed E-state index contributed by atoms with van der Waals surface area (Å²) in [5.74, 6) is -0.474. The van der Waals surface area contributed by atoms with E-state index in [0.29, 0.717) is 12.0 Å². The summed E-state index contributed by atoms with van der Waals surface area (Å²) in [4.78, 5) is 26.4. The van der Waals surface area contributed by atoms with E-state index < -0.39 is 17.1 Å². The van der Waals surface area contributed by atoms with E-state index in [1.807, 2.05) is 0 Å². The number of aromatic amines is 1. The molecule has 1 aromatic heterocycles. The summed E-state index contributed by atoms with van der Waals surface area (Å²) in [5, 5.41) is 0.0370. The van der Waals surface area contributed by atoms with Crippen molar-refractivity contribution in [1.29, 1.82) is 0 Å². The Kier molecular flexibility index (Phi) is 3.91. The first-order valence-corrected chi connectivity index (χ1v) is 6.62. The minimum atomic E-state index is -0.661. The maximum atomic E-state index is 13.2. The summed E-state index contributed by atoms with van der Waals surface area (Å²) in [6.07, 6.45) is 0.386. The highest BCUT2D eigenvalue weighted by molar-refractivity contribution is 9.10. The molecule has 0 aliphatic heterocycles. The average molecular weight is 348 g/mol. The van der Waals surface area contributed by atoms with E-state index in [0.717, 1.165) is 4.57 Å². The molecule has 0 aliphatic rings. The van der Waals surface area contributed by atoms with Crippen LogP contribution in [0.1, 0.15) is 12.5 Å². The minimum Gasteiger partial charge on any atom is -0.297 e. The highest BCUT2D eigenvalue weighted by atomic mass is 79.9. The number of nitrogens with zero attached hydrogens (tertiary/aromatic N) is 1. The molecule has 2 rings (SSSR count). The molecule has 2 aromatic rings. The molecule has 0 amide bonds. The average Bonchev–Trinajstić information content (AvgIpc) is 2.33. The third-order valence-electron chi connectivity index (χ3n) is 2.66. The Morgan fingerprint density at radius 2 is 2.11 bits per heavy atom. The van der Waals surface area contributed by atoms with Crippen molar-refractivity contribution in [3.05, 3.63) is 60.0 Å². The third kappa shape index (κ3) is 2.50. The second kappa shape index (κ2) is 5.30. The van der Waals surface area contributed by atoms with Crippen molar-refractivity contribution < 1.29 is 4.39 Å². The molecule has 1 aromatic carbocycles. The molecule has 0 atom stereocenters. The van der Waals surface area contributed by atoms with Gasteiger partial charge in [-0.1, -0.05) is 18.5 Å². The van der Waals surface area contributed by atoms with Gasteiger partial charge in [0.05, 0.1) is 15.7 Å². The van der Waals surface area contributed by atoms with Crippen LogP contribution in [0.15, 0.2) is 32.3 Å². The van der Waals surface area contributed by atoms with E-state index >= 15 is 0 Å². The number of benzene rings is 1. The van der Waals surface area contributed by atoms with Gasteiger partial charge in [0.25, 0.3) is 5.56 Å². The predicted molar refractivity (Wildman–Crippen MR) is 74.7 cm³/mol. The van der Waals surface area contributed by atoms with Gasteiger partial charge in [0.15, 0.2) is 0 Å². The zero-order valence-corrected chi connectivity index (χ0v) is 12.2. The molecule has 0 aliphatic carbocycles. The lowest BCUT2D eigenvalue weighted by molar-refractivity contribution is 0.620. The predicted octanol–water partition coefficient (Wildman–Crippen LogP) is 2.64. The second-order valence-electron chi connectivity index (χ2n) is 3.82. The first-order valence-electron chi connectivity index (χ1n) is 5.44. The fourth-order valence-electron chi connectivity index (χ4n) is 1.71. The van der Waals surface area contributed by atoms with Crippen molar-refractivity contribution in [2.45, 2.75) is 13.3 Å². The van der Waals surface area contributed by atoms with E-state index in [-0.39, 0.29) is 15.3 Å². The molecule has 0 bridgehead atoms. The van der Waals surface area contributed by atoms with Gasteiger partial charge in [-0.15, -0.1) is 0 Å². The largest absolute Gasteiger partial charge is 0.334 e. The van der Waals surface area contributed by atoms with E-state index in [1.54, 1.807) is 6.92 Å². The Hall–Kier alpha value is -1.40.